The lowest BCUT2D eigenvalue weighted by Crippen LogP contribution is -2.34. The summed E-state index contributed by atoms with van der Waals surface area (Å²) in [7, 11) is 0. The van der Waals surface area contributed by atoms with Crippen LogP contribution < -0.4 is 5.32 Å². The first-order valence-electron chi connectivity index (χ1n) is 8.92. The molecule has 2 heterocycles. The van der Waals surface area contributed by atoms with E-state index in [-0.39, 0.29) is 23.3 Å². The molecule has 29 heavy (non-hydrogen) atoms. The third-order valence-corrected chi connectivity index (χ3v) is 4.66. The first-order valence-corrected chi connectivity index (χ1v) is 8.92. The van der Waals surface area contributed by atoms with Crippen molar-refractivity contribution >= 4 is 11.7 Å². The van der Waals surface area contributed by atoms with Crippen LogP contribution in [0.2, 0.25) is 0 Å². The van der Waals surface area contributed by atoms with Crippen molar-refractivity contribution in [2.75, 3.05) is 11.9 Å². The number of urea groups is 1. The Hall–Kier alpha value is -3.80. The van der Waals surface area contributed by atoms with E-state index in [0.717, 1.165) is 18.6 Å². The largest absolute Gasteiger partial charge is 0.337 e. The highest BCUT2D eigenvalue weighted by molar-refractivity contribution is 5.90. The van der Waals surface area contributed by atoms with E-state index in [1.165, 1.54) is 6.07 Å². The Morgan fingerprint density at radius 3 is 2.93 bits per heavy atom. The summed E-state index contributed by atoms with van der Waals surface area (Å²) in [5.41, 5.74) is 0.951. The number of carbonyl (C=O) groups is 1. The van der Waals surface area contributed by atoms with E-state index < -0.39 is 17.7 Å². The number of halogens is 2. The number of carbonyl (C=O) groups excluding carboxylic acids is 1. The van der Waals surface area contributed by atoms with Crippen LogP contribution in [0.3, 0.4) is 0 Å². The first kappa shape index (κ1) is 18.6. The Morgan fingerprint density at radius 2 is 2.14 bits per heavy atom. The molecule has 3 aromatic rings. The van der Waals surface area contributed by atoms with Crippen LogP contribution in [0.4, 0.5) is 19.3 Å². The maximum absolute atomic E-state index is 14.0. The van der Waals surface area contributed by atoms with Crippen molar-refractivity contribution in [1.29, 1.82) is 5.26 Å². The number of benzene rings is 2. The molecule has 4 rings (SSSR count). The van der Waals surface area contributed by atoms with Gasteiger partial charge in [-0.3, -0.25) is 0 Å². The molecule has 1 aliphatic heterocycles. The number of aromatic nitrogens is 2. The number of anilines is 1. The van der Waals surface area contributed by atoms with Gasteiger partial charge in [0.15, 0.2) is 0 Å². The molecular formula is C20H15F2N5O2. The predicted molar refractivity (Wildman–Crippen MR) is 98.5 cm³/mol. The lowest BCUT2D eigenvalue weighted by molar-refractivity contribution is 0.193. The second-order valence-electron chi connectivity index (χ2n) is 6.55. The van der Waals surface area contributed by atoms with Gasteiger partial charge < -0.3 is 14.7 Å². The van der Waals surface area contributed by atoms with Crippen molar-refractivity contribution in [1.82, 2.24) is 15.0 Å². The van der Waals surface area contributed by atoms with Gasteiger partial charge in [0.25, 0.3) is 0 Å². The Bertz CT molecular complexity index is 1110. The number of nitrogens with one attached hydrogen (secondary N) is 1. The van der Waals surface area contributed by atoms with Crippen LogP contribution in [-0.2, 0) is 0 Å². The van der Waals surface area contributed by atoms with Gasteiger partial charge in [0.2, 0.25) is 11.7 Å². The molecule has 146 valence electrons. The Morgan fingerprint density at radius 1 is 1.28 bits per heavy atom. The average molecular weight is 395 g/mol. The van der Waals surface area contributed by atoms with Crippen LogP contribution in [0.1, 0.15) is 30.3 Å². The van der Waals surface area contributed by atoms with Crippen LogP contribution in [0.15, 0.2) is 47.0 Å². The van der Waals surface area contributed by atoms with Crippen molar-refractivity contribution in [3.05, 3.63) is 65.6 Å². The molecule has 2 aromatic carbocycles. The normalized spacial score (nSPS) is 15.9. The van der Waals surface area contributed by atoms with Gasteiger partial charge in [0.1, 0.15) is 17.7 Å². The molecule has 1 atom stereocenters. The zero-order chi connectivity index (χ0) is 20.4. The maximum atomic E-state index is 14.0. The Balaban J connectivity index is 1.53. The first-order chi connectivity index (χ1) is 14.0. The quantitative estimate of drug-likeness (QED) is 0.715. The molecule has 0 saturated carbocycles. The van der Waals surface area contributed by atoms with Gasteiger partial charge in [-0.15, -0.1) is 0 Å². The van der Waals surface area contributed by atoms with Crippen molar-refractivity contribution in [3.63, 3.8) is 0 Å². The smallest absolute Gasteiger partial charge is 0.322 e. The van der Waals surface area contributed by atoms with Gasteiger partial charge in [-0.2, -0.15) is 10.2 Å². The van der Waals surface area contributed by atoms with Crippen molar-refractivity contribution in [3.8, 4) is 17.5 Å². The highest BCUT2D eigenvalue weighted by Crippen LogP contribution is 2.33. The topological polar surface area (TPSA) is 95.1 Å². The molecule has 1 aromatic heterocycles. The summed E-state index contributed by atoms with van der Waals surface area (Å²) in [4.78, 5) is 18.5. The van der Waals surface area contributed by atoms with E-state index in [1.54, 1.807) is 29.2 Å². The van der Waals surface area contributed by atoms with Gasteiger partial charge in [-0.05, 0) is 43.2 Å². The van der Waals surface area contributed by atoms with E-state index in [9.17, 15) is 13.6 Å². The number of rotatable bonds is 3. The van der Waals surface area contributed by atoms with Crippen molar-refractivity contribution in [2.45, 2.75) is 18.9 Å². The van der Waals surface area contributed by atoms with Gasteiger partial charge in [0, 0.05) is 18.3 Å². The highest BCUT2D eigenvalue weighted by Gasteiger charge is 2.34. The van der Waals surface area contributed by atoms with E-state index >= 15 is 0 Å². The minimum absolute atomic E-state index is 0.00789. The summed E-state index contributed by atoms with van der Waals surface area (Å²) in [6.07, 6.45) is 1.35. The Labute approximate surface area is 164 Å². The summed E-state index contributed by atoms with van der Waals surface area (Å²) in [5.74, 6) is -1.32. The number of hydrogen-bond donors (Lipinski definition) is 1. The van der Waals surface area contributed by atoms with Gasteiger partial charge in [-0.25, -0.2) is 13.6 Å². The highest BCUT2D eigenvalue weighted by atomic mass is 19.1. The summed E-state index contributed by atoms with van der Waals surface area (Å²) >= 11 is 0. The second kappa shape index (κ2) is 7.67. The number of nitrogens with zero attached hydrogens (tertiary/aromatic N) is 4. The standard InChI is InChI=1S/C20H15F2N5O2/c21-13-6-7-15(16(22)10-13)18-25-19(29-26-18)17-5-2-8-27(17)20(28)24-14-4-1-3-12(9-14)11-23/h1,3-4,6-7,9-10,17H,2,5,8H2,(H,24,28). The minimum Gasteiger partial charge on any atom is -0.337 e. The molecule has 1 aliphatic rings. The molecular weight excluding hydrogens is 380 g/mol. The van der Waals surface area contributed by atoms with E-state index in [0.29, 0.717) is 24.2 Å². The summed E-state index contributed by atoms with van der Waals surface area (Å²) in [5, 5.41) is 15.5. The van der Waals surface area contributed by atoms with Crippen LogP contribution in [-0.4, -0.2) is 27.6 Å². The number of likely N-dealkylation sites (tertiary alicyclic amines) is 1. The monoisotopic (exact) mass is 395 g/mol. The maximum Gasteiger partial charge on any atom is 0.322 e. The summed E-state index contributed by atoms with van der Waals surface area (Å²) < 4.78 is 32.3. The van der Waals surface area contributed by atoms with Crippen LogP contribution in [0.5, 0.6) is 0 Å². The molecule has 1 unspecified atom stereocenters. The fourth-order valence-electron chi connectivity index (χ4n) is 3.28. The van der Waals surface area contributed by atoms with Crippen LogP contribution >= 0.6 is 0 Å². The Kier molecular flexibility index (Phi) is 4.91. The molecule has 9 heteroatoms. The molecule has 0 radical (unpaired) electrons. The number of nitriles is 1. The number of hydrogen-bond acceptors (Lipinski definition) is 5. The van der Waals surface area contributed by atoms with Crippen molar-refractivity contribution in [2.24, 2.45) is 0 Å². The van der Waals surface area contributed by atoms with Crippen LogP contribution in [0.25, 0.3) is 11.4 Å². The lowest BCUT2D eigenvalue weighted by Gasteiger charge is -2.22. The third-order valence-electron chi connectivity index (χ3n) is 4.66. The number of amides is 2. The molecule has 7 nitrogen and oxygen atoms in total. The van der Waals surface area contributed by atoms with E-state index in [4.69, 9.17) is 9.78 Å². The summed E-state index contributed by atoms with van der Waals surface area (Å²) in [6.45, 7) is 0.483. The minimum atomic E-state index is -0.796. The zero-order valence-corrected chi connectivity index (χ0v) is 15.1. The lowest BCUT2D eigenvalue weighted by atomic mass is 10.2. The molecule has 0 bridgehead atoms. The van der Waals surface area contributed by atoms with Gasteiger partial charge in [-0.1, -0.05) is 11.2 Å². The molecule has 1 saturated heterocycles. The predicted octanol–water partition coefficient (Wildman–Crippen LogP) is 4.26. The molecule has 0 spiro atoms. The second-order valence-corrected chi connectivity index (χ2v) is 6.55. The fraction of sp³-hybridized carbons (Fsp3) is 0.200. The van der Waals surface area contributed by atoms with Crippen LogP contribution in [0, 0.1) is 23.0 Å². The fourth-order valence-corrected chi connectivity index (χ4v) is 3.28. The molecule has 1 N–H and O–H groups in total. The van der Waals surface area contributed by atoms with Crippen molar-refractivity contribution < 1.29 is 18.1 Å². The third kappa shape index (κ3) is 3.78. The molecule has 1 fully saturated rings. The van der Waals surface area contributed by atoms with E-state index in [1.807, 2.05) is 6.07 Å². The van der Waals surface area contributed by atoms with E-state index in [2.05, 4.69) is 15.5 Å². The van der Waals surface area contributed by atoms with Gasteiger partial charge in [0.05, 0.1) is 17.2 Å². The zero-order valence-electron chi connectivity index (χ0n) is 15.1. The summed E-state index contributed by atoms with van der Waals surface area (Å²) in [6, 6.07) is 10.9. The van der Waals surface area contributed by atoms with Gasteiger partial charge >= 0.3 is 6.03 Å². The molecule has 0 aliphatic carbocycles. The molecule has 2 amide bonds. The SMILES string of the molecule is N#Cc1cccc(NC(=O)N2CCCC2c2nc(-c3ccc(F)cc3F)no2)c1. The average Bonchev–Trinajstić information content (AvgIpc) is 3.37.